The first-order valence-electron chi connectivity index (χ1n) is 6.28. The van der Waals surface area contributed by atoms with E-state index in [0.29, 0.717) is 11.7 Å². The summed E-state index contributed by atoms with van der Waals surface area (Å²) in [5.74, 6) is 1.06. The van der Waals surface area contributed by atoms with E-state index in [-0.39, 0.29) is 12.0 Å². The van der Waals surface area contributed by atoms with Crippen molar-refractivity contribution >= 4 is 11.3 Å². The van der Waals surface area contributed by atoms with Gasteiger partial charge in [-0.15, -0.1) is 11.3 Å². The highest BCUT2D eigenvalue weighted by atomic mass is 32.1. The smallest absolute Gasteiger partial charge is 0.231 e. The van der Waals surface area contributed by atoms with E-state index >= 15 is 0 Å². The van der Waals surface area contributed by atoms with Gasteiger partial charge in [-0.05, 0) is 5.56 Å². The van der Waals surface area contributed by atoms with Gasteiger partial charge in [-0.2, -0.15) is 4.98 Å². The molecule has 2 N–H and O–H groups in total. The predicted octanol–water partition coefficient (Wildman–Crippen LogP) is 3.00. The van der Waals surface area contributed by atoms with Crippen molar-refractivity contribution in [3.8, 4) is 10.7 Å². The number of nitrogens with zero attached hydrogens (tertiary/aromatic N) is 3. The second-order valence-electron chi connectivity index (χ2n) is 4.55. The van der Waals surface area contributed by atoms with Crippen LogP contribution in [0, 0.1) is 0 Å². The van der Waals surface area contributed by atoms with Crippen molar-refractivity contribution in [1.29, 1.82) is 0 Å². The average molecular weight is 286 g/mol. The number of nitrogens with two attached hydrogens (primary N) is 1. The lowest BCUT2D eigenvalue weighted by Gasteiger charge is -2.16. The van der Waals surface area contributed by atoms with Gasteiger partial charge in [0.25, 0.3) is 0 Å². The number of rotatable bonds is 4. The Kier molecular flexibility index (Phi) is 3.58. The standard InChI is InChI=1S/C14H14N4OS/c1-9(12(15)10-5-3-2-4-6-10)14-17-13(18-19-14)11-7-16-8-20-11/h2-9,12H,15H2,1H3. The zero-order chi connectivity index (χ0) is 13.9. The summed E-state index contributed by atoms with van der Waals surface area (Å²) in [6.45, 7) is 1.99. The van der Waals surface area contributed by atoms with Gasteiger partial charge in [0, 0.05) is 12.2 Å². The molecular formula is C14H14N4OS. The molecule has 0 aliphatic carbocycles. The minimum absolute atomic E-state index is 0.0495. The molecule has 2 atom stereocenters. The summed E-state index contributed by atoms with van der Waals surface area (Å²) in [5, 5.41) is 3.98. The minimum atomic E-state index is -0.175. The molecule has 0 aliphatic heterocycles. The zero-order valence-electron chi connectivity index (χ0n) is 10.9. The monoisotopic (exact) mass is 286 g/mol. The highest BCUT2D eigenvalue weighted by Gasteiger charge is 2.23. The van der Waals surface area contributed by atoms with Crippen molar-refractivity contribution in [1.82, 2.24) is 15.1 Å². The van der Waals surface area contributed by atoms with E-state index < -0.39 is 0 Å². The van der Waals surface area contributed by atoms with E-state index in [1.165, 1.54) is 11.3 Å². The van der Waals surface area contributed by atoms with Gasteiger partial charge in [-0.1, -0.05) is 42.4 Å². The Labute approximate surface area is 120 Å². The molecule has 0 amide bonds. The Balaban J connectivity index is 1.82. The van der Waals surface area contributed by atoms with Crippen molar-refractivity contribution < 1.29 is 4.52 Å². The fraction of sp³-hybridized carbons (Fsp3) is 0.214. The van der Waals surface area contributed by atoms with Gasteiger partial charge in [0.2, 0.25) is 11.7 Å². The molecule has 0 fully saturated rings. The summed E-state index contributed by atoms with van der Waals surface area (Å²) in [4.78, 5) is 9.31. The van der Waals surface area contributed by atoms with Crippen LogP contribution in [0.4, 0.5) is 0 Å². The summed E-state index contributed by atoms with van der Waals surface area (Å²) in [6, 6.07) is 9.74. The van der Waals surface area contributed by atoms with Gasteiger partial charge < -0.3 is 10.3 Å². The Hall–Kier alpha value is -2.05. The van der Waals surface area contributed by atoms with Crippen LogP contribution < -0.4 is 5.73 Å². The lowest BCUT2D eigenvalue weighted by Crippen LogP contribution is -2.17. The quantitative estimate of drug-likeness (QED) is 0.797. The fourth-order valence-corrected chi connectivity index (χ4v) is 2.51. The summed E-state index contributed by atoms with van der Waals surface area (Å²) in [7, 11) is 0. The largest absolute Gasteiger partial charge is 0.339 e. The van der Waals surface area contributed by atoms with Crippen LogP contribution in [0.25, 0.3) is 10.7 Å². The summed E-state index contributed by atoms with van der Waals surface area (Å²) in [6.07, 6.45) is 1.72. The lowest BCUT2D eigenvalue weighted by atomic mass is 9.95. The minimum Gasteiger partial charge on any atom is -0.339 e. The highest BCUT2D eigenvalue weighted by molar-refractivity contribution is 7.13. The zero-order valence-corrected chi connectivity index (χ0v) is 11.7. The van der Waals surface area contributed by atoms with Crippen LogP contribution >= 0.6 is 11.3 Å². The molecule has 20 heavy (non-hydrogen) atoms. The first-order valence-corrected chi connectivity index (χ1v) is 7.16. The molecular weight excluding hydrogens is 272 g/mol. The molecule has 0 spiro atoms. The maximum absolute atomic E-state index is 6.26. The van der Waals surface area contributed by atoms with Gasteiger partial charge in [0.15, 0.2) is 0 Å². The fourth-order valence-electron chi connectivity index (χ4n) is 1.96. The molecule has 6 heteroatoms. The third-order valence-corrected chi connectivity index (χ3v) is 3.98. The number of hydrogen-bond acceptors (Lipinski definition) is 6. The first kappa shape index (κ1) is 13.0. The molecule has 3 aromatic rings. The second kappa shape index (κ2) is 5.52. The summed E-state index contributed by atoms with van der Waals surface area (Å²) >= 11 is 1.48. The Morgan fingerprint density at radius 1 is 1.25 bits per heavy atom. The molecule has 1 aromatic carbocycles. The van der Waals surface area contributed by atoms with E-state index in [1.54, 1.807) is 11.7 Å². The molecule has 102 valence electrons. The van der Waals surface area contributed by atoms with E-state index in [2.05, 4.69) is 15.1 Å². The van der Waals surface area contributed by atoms with Gasteiger partial charge in [0.1, 0.15) is 0 Å². The van der Waals surface area contributed by atoms with Crippen LogP contribution in [0.5, 0.6) is 0 Å². The molecule has 3 rings (SSSR count). The second-order valence-corrected chi connectivity index (χ2v) is 5.43. The Bertz CT molecular complexity index is 666. The van der Waals surface area contributed by atoms with Crippen LogP contribution in [-0.4, -0.2) is 15.1 Å². The predicted molar refractivity (Wildman–Crippen MR) is 77.2 cm³/mol. The van der Waals surface area contributed by atoms with Crippen molar-refractivity contribution in [3.63, 3.8) is 0 Å². The topological polar surface area (TPSA) is 77.8 Å². The maximum atomic E-state index is 6.26. The van der Waals surface area contributed by atoms with E-state index in [0.717, 1.165) is 10.4 Å². The van der Waals surface area contributed by atoms with E-state index in [9.17, 15) is 0 Å². The molecule has 2 heterocycles. The number of hydrogen-bond donors (Lipinski definition) is 1. The molecule has 2 aromatic heterocycles. The van der Waals surface area contributed by atoms with Crippen LogP contribution in [-0.2, 0) is 0 Å². The van der Waals surface area contributed by atoms with Crippen LogP contribution in [0.2, 0.25) is 0 Å². The van der Waals surface area contributed by atoms with E-state index in [4.69, 9.17) is 10.3 Å². The van der Waals surface area contributed by atoms with Gasteiger partial charge in [-0.3, -0.25) is 4.98 Å². The maximum Gasteiger partial charge on any atom is 0.231 e. The third-order valence-electron chi connectivity index (χ3n) is 3.21. The summed E-state index contributed by atoms with van der Waals surface area (Å²) < 4.78 is 5.33. The van der Waals surface area contributed by atoms with Crippen molar-refractivity contribution in [3.05, 3.63) is 53.5 Å². The SMILES string of the molecule is CC(c1nc(-c2cncs2)no1)C(N)c1ccccc1. The molecule has 0 radical (unpaired) electrons. The normalized spacial score (nSPS) is 14.1. The van der Waals surface area contributed by atoms with Gasteiger partial charge in [-0.25, -0.2) is 0 Å². The van der Waals surface area contributed by atoms with E-state index in [1.807, 2.05) is 37.3 Å². The number of benzene rings is 1. The Morgan fingerprint density at radius 2 is 2.05 bits per heavy atom. The molecule has 0 saturated heterocycles. The number of aromatic nitrogens is 3. The van der Waals surface area contributed by atoms with Gasteiger partial charge in [0.05, 0.1) is 16.3 Å². The third kappa shape index (κ3) is 2.48. The van der Waals surface area contributed by atoms with Crippen LogP contribution in [0.3, 0.4) is 0 Å². The Morgan fingerprint density at radius 3 is 2.75 bits per heavy atom. The van der Waals surface area contributed by atoms with Crippen LogP contribution in [0.1, 0.15) is 30.3 Å². The summed E-state index contributed by atoms with van der Waals surface area (Å²) in [5.41, 5.74) is 9.05. The molecule has 2 unspecified atom stereocenters. The number of thiazole rings is 1. The molecule has 5 nitrogen and oxygen atoms in total. The molecule has 0 saturated carbocycles. The van der Waals surface area contributed by atoms with Crippen molar-refractivity contribution in [2.75, 3.05) is 0 Å². The molecule has 0 bridgehead atoms. The van der Waals surface area contributed by atoms with Crippen LogP contribution in [0.15, 0.2) is 46.6 Å². The average Bonchev–Trinajstić information content (AvgIpc) is 3.17. The van der Waals surface area contributed by atoms with Crippen molar-refractivity contribution in [2.45, 2.75) is 18.9 Å². The lowest BCUT2D eigenvalue weighted by molar-refractivity contribution is 0.344. The van der Waals surface area contributed by atoms with Crippen molar-refractivity contribution in [2.24, 2.45) is 5.73 Å². The highest BCUT2D eigenvalue weighted by Crippen LogP contribution is 2.29. The first-order chi connectivity index (χ1) is 9.75. The van der Waals surface area contributed by atoms with Gasteiger partial charge >= 0.3 is 0 Å². The molecule has 0 aliphatic rings.